The van der Waals surface area contributed by atoms with E-state index >= 15 is 0 Å². The molecule has 3 nitrogen and oxygen atoms in total. The molecule has 0 aromatic heterocycles. The smallest absolute Gasteiger partial charge is 0.308 e. The normalized spacial score (nSPS) is 12.5. The van der Waals surface area contributed by atoms with Gasteiger partial charge in [-0.2, -0.15) is 0 Å². The average molecular weight is 237 g/mol. The molecule has 0 saturated heterocycles. The van der Waals surface area contributed by atoms with Crippen LogP contribution in [0, 0.1) is 0 Å². The summed E-state index contributed by atoms with van der Waals surface area (Å²) in [5, 5.41) is 9.48. The second-order valence-corrected chi connectivity index (χ2v) is 3.93. The molecule has 0 heterocycles. The van der Waals surface area contributed by atoms with Gasteiger partial charge >= 0.3 is 5.97 Å². The van der Waals surface area contributed by atoms with Crippen LogP contribution in [0.3, 0.4) is 0 Å². The Balaban J connectivity index is 3.32. The summed E-state index contributed by atoms with van der Waals surface area (Å²) in [7, 11) is 0. The highest BCUT2D eigenvalue weighted by molar-refractivity contribution is 6.17. The molecule has 0 aliphatic heterocycles. The Labute approximate surface area is 96.8 Å². The molecule has 0 aliphatic carbocycles. The molecular weight excluding hydrogens is 216 g/mol. The molecule has 0 aromatic carbocycles. The van der Waals surface area contributed by atoms with Crippen LogP contribution in [-0.4, -0.2) is 29.7 Å². The molecule has 1 atom stereocenters. The highest BCUT2D eigenvalue weighted by atomic mass is 35.5. The van der Waals surface area contributed by atoms with Gasteiger partial charge in [0.15, 0.2) is 0 Å². The largest absolute Gasteiger partial charge is 0.466 e. The van der Waals surface area contributed by atoms with Gasteiger partial charge in [0.1, 0.15) is 0 Å². The SMILES string of the molecule is CCOC(=O)CC(O)CCCCCCCl. The number of unbranched alkanes of at least 4 members (excludes halogenated alkanes) is 3. The number of aliphatic hydroxyl groups excluding tert-OH is 1. The third-order valence-corrected chi connectivity index (χ3v) is 2.40. The topological polar surface area (TPSA) is 46.5 Å². The van der Waals surface area contributed by atoms with Crippen LogP contribution in [0.1, 0.15) is 45.4 Å². The molecule has 1 unspecified atom stereocenters. The molecule has 0 radical (unpaired) electrons. The maximum absolute atomic E-state index is 11.0. The van der Waals surface area contributed by atoms with Gasteiger partial charge in [0.2, 0.25) is 0 Å². The van der Waals surface area contributed by atoms with Crippen molar-refractivity contribution in [3.05, 3.63) is 0 Å². The van der Waals surface area contributed by atoms with E-state index in [1.54, 1.807) is 6.92 Å². The van der Waals surface area contributed by atoms with Crippen molar-refractivity contribution < 1.29 is 14.6 Å². The van der Waals surface area contributed by atoms with Crippen molar-refractivity contribution in [2.75, 3.05) is 12.5 Å². The summed E-state index contributed by atoms with van der Waals surface area (Å²) in [6.07, 6.45) is 4.35. The first-order valence-corrected chi connectivity index (χ1v) is 6.13. The summed E-state index contributed by atoms with van der Waals surface area (Å²) in [6.45, 7) is 2.14. The quantitative estimate of drug-likeness (QED) is 0.380. The van der Waals surface area contributed by atoms with E-state index in [1.807, 2.05) is 0 Å². The van der Waals surface area contributed by atoms with Crippen LogP contribution in [0.4, 0.5) is 0 Å². The number of hydrogen-bond acceptors (Lipinski definition) is 3. The average Bonchev–Trinajstić information content (AvgIpc) is 2.17. The molecule has 0 bridgehead atoms. The minimum Gasteiger partial charge on any atom is -0.466 e. The van der Waals surface area contributed by atoms with Crippen molar-refractivity contribution >= 4 is 17.6 Å². The van der Waals surface area contributed by atoms with E-state index in [0.29, 0.717) is 18.9 Å². The Hall–Kier alpha value is -0.280. The maximum Gasteiger partial charge on any atom is 0.308 e. The van der Waals surface area contributed by atoms with E-state index in [-0.39, 0.29) is 12.4 Å². The molecule has 0 rings (SSSR count). The fourth-order valence-electron chi connectivity index (χ4n) is 1.34. The summed E-state index contributed by atoms with van der Waals surface area (Å²) in [4.78, 5) is 11.0. The number of alkyl halides is 1. The summed E-state index contributed by atoms with van der Waals surface area (Å²) < 4.78 is 4.74. The molecular formula is C11H21ClO3. The zero-order valence-corrected chi connectivity index (χ0v) is 10.1. The maximum atomic E-state index is 11.0. The van der Waals surface area contributed by atoms with Gasteiger partial charge in [0.05, 0.1) is 19.1 Å². The molecule has 0 amide bonds. The van der Waals surface area contributed by atoms with Crippen LogP contribution in [0.15, 0.2) is 0 Å². The van der Waals surface area contributed by atoms with Crippen molar-refractivity contribution in [3.63, 3.8) is 0 Å². The van der Waals surface area contributed by atoms with Crippen LogP contribution >= 0.6 is 11.6 Å². The Kier molecular flexibility index (Phi) is 10.1. The van der Waals surface area contributed by atoms with Crippen LogP contribution in [-0.2, 0) is 9.53 Å². The van der Waals surface area contributed by atoms with E-state index in [2.05, 4.69) is 0 Å². The molecule has 0 aromatic rings. The fourth-order valence-corrected chi connectivity index (χ4v) is 1.53. The van der Waals surface area contributed by atoms with Crippen LogP contribution in [0.25, 0.3) is 0 Å². The van der Waals surface area contributed by atoms with Crippen LogP contribution in [0.5, 0.6) is 0 Å². The van der Waals surface area contributed by atoms with Gasteiger partial charge in [-0.15, -0.1) is 11.6 Å². The van der Waals surface area contributed by atoms with Gasteiger partial charge in [-0.05, 0) is 19.8 Å². The Morgan fingerprint density at radius 3 is 2.60 bits per heavy atom. The molecule has 90 valence electrons. The number of ether oxygens (including phenoxy) is 1. The molecule has 0 spiro atoms. The second-order valence-electron chi connectivity index (χ2n) is 3.55. The van der Waals surface area contributed by atoms with E-state index in [4.69, 9.17) is 16.3 Å². The summed E-state index contributed by atoms with van der Waals surface area (Å²) in [5.41, 5.74) is 0. The summed E-state index contributed by atoms with van der Waals surface area (Å²) >= 11 is 5.54. The number of rotatable bonds is 9. The molecule has 0 saturated carbocycles. The van der Waals surface area contributed by atoms with Crippen molar-refractivity contribution in [2.45, 2.75) is 51.6 Å². The Bertz CT molecular complexity index is 162. The first-order chi connectivity index (χ1) is 7.20. The van der Waals surface area contributed by atoms with Gasteiger partial charge in [-0.25, -0.2) is 0 Å². The predicted octanol–water partition coefficient (Wildman–Crippen LogP) is 2.49. The van der Waals surface area contributed by atoms with Crippen LogP contribution in [0.2, 0.25) is 0 Å². The summed E-state index contributed by atoms with van der Waals surface area (Å²) in [6, 6.07) is 0. The Morgan fingerprint density at radius 1 is 1.33 bits per heavy atom. The van der Waals surface area contributed by atoms with Gasteiger partial charge < -0.3 is 9.84 Å². The number of esters is 1. The third-order valence-electron chi connectivity index (χ3n) is 2.13. The van der Waals surface area contributed by atoms with E-state index in [1.165, 1.54) is 0 Å². The first kappa shape index (κ1) is 14.7. The predicted molar refractivity (Wildman–Crippen MR) is 61.1 cm³/mol. The number of halogens is 1. The number of carbonyl (C=O) groups excluding carboxylic acids is 1. The minimum atomic E-state index is -0.556. The second kappa shape index (κ2) is 10.2. The molecule has 0 fully saturated rings. The van der Waals surface area contributed by atoms with Gasteiger partial charge in [0, 0.05) is 5.88 Å². The highest BCUT2D eigenvalue weighted by Crippen LogP contribution is 2.09. The monoisotopic (exact) mass is 236 g/mol. The summed E-state index contributed by atoms with van der Waals surface area (Å²) in [5.74, 6) is 0.386. The van der Waals surface area contributed by atoms with Gasteiger partial charge in [-0.3, -0.25) is 4.79 Å². The lowest BCUT2D eigenvalue weighted by atomic mass is 10.1. The third kappa shape index (κ3) is 10.0. The number of carbonyl (C=O) groups is 1. The van der Waals surface area contributed by atoms with Crippen molar-refractivity contribution in [1.29, 1.82) is 0 Å². The number of hydrogen-bond donors (Lipinski definition) is 1. The standard InChI is InChI=1S/C11H21ClO3/c1-2-15-11(14)9-10(13)7-5-3-4-6-8-12/h10,13H,2-9H2,1H3. The zero-order valence-electron chi connectivity index (χ0n) is 9.38. The highest BCUT2D eigenvalue weighted by Gasteiger charge is 2.10. The zero-order chi connectivity index (χ0) is 11.5. The molecule has 4 heteroatoms. The van der Waals surface area contributed by atoms with E-state index in [0.717, 1.165) is 25.7 Å². The molecule has 1 N–H and O–H groups in total. The van der Waals surface area contributed by atoms with Gasteiger partial charge in [-0.1, -0.05) is 19.3 Å². The van der Waals surface area contributed by atoms with Gasteiger partial charge in [0.25, 0.3) is 0 Å². The molecule has 0 aliphatic rings. The van der Waals surface area contributed by atoms with E-state index < -0.39 is 6.10 Å². The lowest BCUT2D eigenvalue weighted by molar-refractivity contribution is -0.145. The van der Waals surface area contributed by atoms with Crippen molar-refractivity contribution in [1.82, 2.24) is 0 Å². The molecule has 15 heavy (non-hydrogen) atoms. The van der Waals surface area contributed by atoms with E-state index in [9.17, 15) is 9.90 Å². The lowest BCUT2D eigenvalue weighted by Crippen LogP contribution is -2.15. The van der Waals surface area contributed by atoms with Crippen molar-refractivity contribution in [2.24, 2.45) is 0 Å². The number of aliphatic hydroxyl groups is 1. The van der Waals surface area contributed by atoms with Crippen molar-refractivity contribution in [3.8, 4) is 0 Å². The first-order valence-electron chi connectivity index (χ1n) is 5.60. The fraction of sp³-hybridized carbons (Fsp3) is 0.909. The minimum absolute atomic E-state index is 0.114. The lowest BCUT2D eigenvalue weighted by Gasteiger charge is -2.09. The van der Waals surface area contributed by atoms with Crippen LogP contribution < -0.4 is 0 Å². The Morgan fingerprint density at radius 2 is 2.00 bits per heavy atom.